The Morgan fingerprint density at radius 2 is 1.24 bits per heavy atom. The summed E-state index contributed by atoms with van der Waals surface area (Å²) < 4.78 is 10.5. The maximum Gasteiger partial charge on any atom is 0.407 e. The fourth-order valence-corrected chi connectivity index (χ4v) is 8.55. The summed E-state index contributed by atoms with van der Waals surface area (Å²) in [6.45, 7) is 11.4. The number of imidazole rings is 2. The molecule has 1 saturated heterocycles. The highest BCUT2D eigenvalue weighted by atomic mass is 35.5. The zero-order chi connectivity index (χ0) is 39.1. The minimum Gasteiger partial charge on any atom is -0.453 e. The Morgan fingerprint density at radius 1 is 0.782 bits per heavy atom. The first-order valence-corrected chi connectivity index (χ1v) is 19.9. The molecule has 0 bridgehead atoms. The van der Waals surface area contributed by atoms with E-state index < -0.39 is 18.2 Å². The lowest BCUT2D eigenvalue weighted by Crippen LogP contribution is -2.48. The van der Waals surface area contributed by atoms with Crippen LogP contribution < -0.4 is 5.32 Å². The van der Waals surface area contributed by atoms with Gasteiger partial charge in [-0.25, -0.2) is 14.8 Å². The summed E-state index contributed by atoms with van der Waals surface area (Å²) in [6.07, 6.45) is 1.69. The van der Waals surface area contributed by atoms with Crippen LogP contribution in [-0.4, -0.2) is 85.6 Å². The predicted octanol–water partition coefficient (Wildman–Crippen LogP) is 7.72. The highest BCUT2D eigenvalue weighted by Crippen LogP contribution is 2.45. The minimum atomic E-state index is -0.762. The number of alkyl carbamates (subject to hydrolysis) is 1. The second kappa shape index (κ2) is 16.0. The lowest BCUT2D eigenvalue weighted by molar-refractivity contribution is -0.148. The number of amides is 3. The molecular formula is C41H49Cl2N7O5. The van der Waals surface area contributed by atoms with Crippen LogP contribution in [0.15, 0.2) is 48.5 Å². The highest BCUT2D eigenvalue weighted by Gasteiger charge is 2.51. The maximum absolute atomic E-state index is 13.6. The third kappa shape index (κ3) is 8.13. The van der Waals surface area contributed by atoms with Crippen LogP contribution in [0.2, 0.25) is 10.3 Å². The summed E-state index contributed by atoms with van der Waals surface area (Å²) in [5.74, 6) is 2.52. The maximum atomic E-state index is 13.6. The first-order chi connectivity index (χ1) is 26.4. The second-order valence-electron chi connectivity index (χ2n) is 15.4. The number of aromatic nitrogens is 4. The van der Waals surface area contributed by atoms with Gasteiger partial charge >= 0.3 is 6.09 Å². The fourth-order valence-electron chi connectivity index (χ4n) is 8.03. The molecule has 6 atom stereocenters. The van der Waals surface area contributed by atoms with Gasteiger partial charge in [0.1, 0.15) is 45.5 Å². The van der Waals surface area contributed by atoms with Gasteiger partial charge in [0, 0.05) is 29.8 Å². The molecule has 2 aromatic heterocycles. The molecule has 3 N–H and O–H groups in total. The van der Waals surface area contributed by atoms with Gasteiger partial charge in [0.2, 0.25) is 5.91 Å². The number of benzene rings is 2. The second-order valence-corrected chi connectivity index (χ2v) is 16.2. The zero-order valence-electron chi connectivity index (χ0n) is 32.1. The van der Waals surface area contributed by atoms with Crippen molar-refractivity contribution >= 4 is 41.1 Å². The molecule has 2 aliphatic carbocycles. The smallest absolute Gasteiger partial charge is 0.407 e. The predicted molar refractivity (Wildman–Crippen MR) is 211 cm³/mol. The molecule has 14 heteroatoms. The van der Waals surface area contributed by atoms with Gasteiger partial charge in [-0.3, -0.25) is 9.59 Å². The van der Waals surface area contributed by atoms with Crippen molar-refractivity contribution in [2.75, 3.05) is 13.7 Å². The quantitative estimate of drug-likeness (QED) is 0.133. The van der Waals surface area contributed by atoms with Crippen molar-refractivity contribution in [3.63, 3.8) is 0 Å². The molecule has 12 nitrogen and oxygen atoms in total. The summed E-state index contributed by atoms with van der Waals surface area (Å²) in [6, 6.07) is 15.4. The van der Waals surface area contributed by atoms with Crippen molar-refractivity contribution in [1.82, 2.24) is 35.1 Å². The number of H-pyrrole nitrogens is 2. The number of aromatic amines is 2. The van der Waals surface area contributed by atoms with E-state index in [1.165, 1.54) is 7.11 Å². The summed E-state index contributed by atoms with van der Waals surface area (Å²) in [5, 5.41) is 3.39. The Morgan fingerprint density at radius 3 is 1.67 bits per heavy atom. The molecule has 6 unspecified atom stereocenters. The van der Waals surface area contributed by atoms with E-state index in [-0.39, 0.29) is 30.4 Å². The van der Waals surface area contributed by atoms with Gasteiger partial charge in [-0.2, -0.15) is 0 Å². The van der Waals surface area contributed by atoms with Gasteiger partial charge in [-0.05, 0) is 61.0 Å². The summed E-state index contributed by atoms with van der Waals surface area (Å²) >= 11 is 13.4. The molecule has 1 aliphatic heterocycles. The molecule has 292 valence electrons. The summed E-state index contributed by atoms with van der Waals surface area (Å²) in [4.78, 5) is 58.5. The van der Waals surface area contributed by atoms with Gasteiger partial charge < -0.3 is 34.6 Å². The van der Waals surface area contributed by atoms with Crippen LogP contribution in [0.4, 0.5) is 4.79 Å². The van der Waals surface area contributed by atoms with Crippen molar-refractivity contribution in [3.8, 4) is 33.6 Å². The first kappa shape index (κ1) is 38.9. The Bertz CT molecular complexity index is 2010. The van der Waals surface area contributed by atoms with E-state index >= 15 is 0 Å². The van der Waals surface area contributed by atoms with Gasteiger partial charge in [-0.1, -0.05) is 99.4 Å². The monoisotopic (exact) mass is 789 g/mol. The van der Waals surface area contributed by atoms with Gasteiger partial charge in [0.15, 0.2) is 0 Å². The van der Waals surface area contributed by atoms with E-state index in [9.17, 15) is 14.4 Å². The molecule has 2 saturated carbocycles. The number of halogens is 2. The van der Waals surface area contributed by atoms with Crippen LogP contribution in [0, 0.1) is 23.7 Å². The van der Waals surface area contributed by atoms with E-state index in [0.717, 1.165) is 41.5 Å². The number of carbonyl (C=O) groups excluding carboxylic acids is 3. The zero-order valence-corrected chi connectivity index (χ0v) is 33.6. The van der Waals surface area contributed by atoms with Crippen molar-refractivity contribution in [2.45, 2.75) is 91.2 Å². The van der Waals surface area contributed by atoms with Crippen LogP contribution in [0.25, 0.3) is 33.6 Å². The molecule has 7 rings (SSSR count). The van der Waals surface area contributed by atoms with Crippen LogP contribution in [0.1, 0.15) is 65.5 Å². The third-order valence-corrected chi connectivity index (χ3v) is 12.4. The fraction of sp³-hybridized carbons (Fsp3) is 0.488. The number of ether oxygens (including phenoxy) is 2. The first-order valence-electron chi connectivity index (χ1n) is 19.1. The van der Waals surface area contributed by atoms with Crippen LogP contribution in [0.3, 0.4) is 0 Å². The number of rotatable bonds is 12. The molecule has 0 radical (unpaired) electrons. The number of nitrogens with zero attached hydrogens (tertiary/aromatic N) is 4. The number of carbonyl (C=O) groups is 3. The Labute approximate surface area is 331 Å². The summed E-state index contributed by atoms with van der Waals surface area (Å²) in [5.41, 5.74) is 4.93. The Kier molecular flexibility index (Phi) is 11.3. The van der Waals surface area contributed by atoms with Gasteiger partial charge in [0.05, 0.1) is 20.2 Å². The van der Waals surface area contributed by atoms with Crippen molar-refractivity contribution in [2.24, 2.45) is 23.7 Å². The Balaban J connectivity index is 1.02. The number of hydrogen-bond acceptors (Lipinski definition) is 7. The average Bonchev–Trinajstić information content (AvgIpc) is 3.80. The molecular weight excluding hydrogens is 741 g/mol. The third-order valence-electron chi connectivity index (χ3n) is 11.9. The molecule has 0 spiro atoms. The highest BCUT2D eigenvalue weighted by molar-refractivity contribution is 6.32. The van der Waals surface area contributed by atoms with E-state index in [0.29, 0.717) is 70.2 Å². The van der Waals surface area contributed by atoms with Crippen LogP contribution >= 0.6 is 23.2 Å². The van der Waals surface area contributed by atoms with Crippen molar-refractivity contribution < 1.29 is 23.9 Å². The standard InChI is InChI=1S/C41H49Cl2N7O5/c1-21-22(2)35(21)49(39(51)25(5)44-41(53)54-6)19-31-45-33(37(42)47-31)28-14-10-26(11-15-28)27-12-16-29(17-13-27)34-38(43)48-32(46-34)20-50(36-23(3)24(36)4)40(52)30-9-7-8-18-55-30/h10-17,21-25,30,35-36H,7-9,18-20H2,1-6H3,(H,44,53)(H,45,47)(H,46,48). The van der Waals surface area contributed by atoms with E-state index in [1.54, 1.807) is 11.8 Å². The normalized spacial score (nSPS) is 24.8. The lowest BCUT2D eigenvalue weighted by Gasteiger charge is -2.29. The van der Waals surface area contributed by atoms with Crippen molar-refractivity contribution in [1.29, 1.82) is 0 Å². The molecule has 2 aromatic carbocycles. The van der Waals surface area contributed by atoms with Crippen LogP contribution in [0.5, 0.6) is 0 Å². The molecule has 55 heavy (non-hydrogen) atoms. The minimum absolute atomic E-state index is 0.0289. The van der Waals surface area contributed by atoms with E-state index in [2.05, 4.69) is 47.7 Å². The number of hydrogen-bond donors (Lipinski definition) is 3. The van der Waals surface area contributed by atoms with E-state index in [4.69, 9.17) is 37.9 Å². The van der Waals surface area contributed by atoms with Gasteiger partial charge in [0.25, 0.3) is 5.91 Å². The average molecular weight is 791 g/mol. The number of methoxy groups -OCH3 is 1. The number of nitrogens with one attached hydrogen (secondary N) is 3. The Hall–Kier alpha value is -4.39. The van der Waals surface area contributed by atoms with Crippen molar-refractivity contribution in [3.05, 3.63) is 70.5 Å². The van der Waals surface area contributed by atoms with E-state index in [1.807, 2.05) is 53.4 Å². The SMILES string of the molecule is COC(=O)NC(C)C(=O)N(Cc1nc(-c2ccc(-c3ccc(-c4nc(CN(C(=O)C5CCCCO5)C5C(C)C5C)[nH]c4Cl)cc3)cc2)c(Cl)[nH]1)C1C(C)C1C. The molecule has 3 heterocycles. The largest absolute Gasteiger partial charge is 0.453 e. The molecule has 4 aromatic rings. The lowest BCUT2D eigenvalue weighted by atomic mass is 10.0. The van der Waals surface area contributed by atoms with Crippen LogP contribution in [-0.2, 0) is 32.2 Å². The topological polar surface area (TPSA) is 146 Å². The summed E-state index contributed by atoms with van der Waals surface area (Å²) in [7, 11) is 1.27. The molecule has 3 aliphatic rings. The molecule has 3 amide bonds. The van der Waals surface area contributed by atoms with Gasteiger partial charge in [-0.15, -0.1) is 0 Å². The molecule has 3 fully saturated rings.